The van der Waals surface area contributed by atoms with Gasteiger partial charge in [0, 0.05) is 52.7 Å². The molecular weight excluding hydrogens is 187 g/mol. The Balaban J connectivity index is 0. The molecule has 0 fully saturated rings. The molecule has 0 unspecified atom stereocenters. The summed E-state index contributed by atoms with van der Waals surface area (Å²) in [6.07, 6.45) is 1.36. The monoisotopic (exact) mass is 191 g/mol. The van der Waals surface area contributed by atoms with Gasteiger partial charge in [0.15, 0.2) is 11.5 Å². The molecule has 0 aromatic rings. The van der Waals surface area contributed by atoms with E-state index in [0.717, 1.165) is 0 Å². The van der Waals surface area contributed by atoms with E-state index >= 15 is 0 Å². The van der Waals surface area contributed by atoms with Crippen LogP contribution in [0.25, 0.3) is 0 Å². The van der Waals surface area contributed by atoms with Crippen molar-refractivity contribution in [2.75, 3.05) is 0 Å². The summed E-state index contributed by atoms with van der Waals surface area (Å²) in [5.41, 5.74) is 0. The van der Waals surface area contributed by atoms with Crippen molar-refractivity contribution >= 4 is 52.1 Å². The van der Waals surface area contributed by atoms with Gasteiger partial charge in [-0.05, 0) is 0 Å². The molecule has 5 radical (unpaired) electrons. The van der Waals surface area contributed by atoms with Crippen molar-refractivity contribution < 1.29 is 19.8 Å². The minimum atomic E-state index is -0.753. The molecule has 0 spiro atoms. The van der Waals surface area contributed by atoms with Crippen molar-refractivity contribution in [3.63, 3.8) is 0 Å². The van der Waals surface area contributed by atoms with Gasteiger partial charge in [-0.3, -0.25) is 9.59 Å². The van der Waals surface area contributed by atoms with Crippen LogP contribution in [-0.2, 0) is 9.59 Å². The van der Waals surface area contributed by atoms with E-state index in [1.807, 2.05) is 0 Å². The molecule has 4 nitrogen and oxygen atoms in total. The van der Waals surface area contributed by atoms with Gasteiger partial charge >= 0.3 is 0 Å². The number of hydrogen-bond acceptors (Lipinski definition) is 4. The van der Waals surface area contributed by atoms with Crippen LogP contribution in [-0.4, -0.2) is 62.3 Å². The second-order valence-corrected chi connectivity index (χ2v) is 1.79. The molecule has 1 aliphatic rings. The Morgan fingerprint density at radius 2 is 1.17 bits per heavy atom. The largest absolute Gasteiger partial charge is 0.504 e. The average molecular weight is 191 g/mol. The van der Waals surface area contributed by atoms with E-state index in [1.54, 1.807) is 0 Å². The second kappa shape index (κ2) is 5.31. The van der Waals surface area contributed by atoms with E-state index in [2.05, 4.69) is 0 Å². The second-order valence-electron chi connectivity index (χ2n) is 1.79. The summed E-state index contributed by atoms with van der Waals surface area (Å²) >= 11 is 0. The van der Waals surface area contributed by atoms with Crippen molar-refractivity contribution in [1.82, 2.24) is 0 Å². The first-order valence-corrected chi connectivity index (χ1v) is 2.51. The Labute approximate surface area is 95.3 Å². The number of hydrogen-bond donors (Lipinski definition) is 2. The molecule has 0 aliphatic heterocycles. The van der Waals surface area contributed by atoms with E-state index in [-0.39, 0.29) is 40.5 Å². The third-order valence-corrected chi connectivity index (χ3v) is 1.04. The normalized spacial score (nSPS) is 15.3. The first kappa shape index (κ1) is 14.2. The zero-order valence-corrected chi connectivity index (χ0v) is 9.37. The minimum Gasteiger partial charge on any atom is -0.504 e. The Morgan fingerprint density at radius 3 is 1.42 bits per heavy atom. The van der Waals surface area contributed by atoms with Gasteiger partial charge in [0.25, 0.3) is 0 Å². The van der Waals surface area contributed by atoms with Crippen LogP contribution in [0.2, 0.25) is 0 Å². The fourth-order valence-electron chi connectivity index (χ4n) is 0.538. The number of rotatable bonds is 0. The fraction of sp³-hybridized carbons (Fsp3) is 0. The molecule has 1 aliphatic carbocycles. The smallest absolute Gasteiger partial charge is 0.224 e. The van der Waals surface area contributed by atoms with Crippen molar-refractivity contribution in [3.05, 3.63) is 23.7 Å². The third kappa shape index (κ3) is 2.94. The molecule has 0 aromatic heterocycles. The van der Waals surface area contributed by atoms with Gasteiger partial charge in [-0.15, -0.1) is 0 Å². The van der Waals surface area contributed by atoms with Crippen LogP contribution in [0.5, 0.6) is 0 Å². The van der Waals surface area contributed by atoms with Crippen LogP contribution in [0, 0.1) is 0 Å². The van der Waals surface area contributed by atoms with Crippen molar-refractivity contribution in [2.45, 2.75) is 0 Å². The standard InChI is InChI=1S/C6H4O4.Na.Si/c7-3-1-4(8)6(10)2-5(3)9;;/h1-2,7,10H;;. The molecule has 1 rings (SSSR count). The molecule has 0 amide bonds. The molecule has 0 aromatic carbocycles. The predicted molar refractivity (Wildman–Crippen MR) is 42.9 cm³/mol. The van der Waals surface area contributed by atoms with Gasteiger partial charge < -0.3 is 10.2 Å². The molecule has 6 heteroatoms. The van der Waals surface area contributed by atoms with Crippen molar-refractivity contribution in [1.29, 1.82) is 0 Å². The van der Waals surface area contributed by atoms with Crippen molar-refractivity contribution in [2.24, 2.45) is 0 Å². The molecule has 0 heterocycles. The Morgan fingerprint density at radius 1 is 0.917 bits per heavy atom. The maximum Gasteiger partial charge on any atom is 0.224 e. The third-order valence-electron chi connectivity index (χ3n) is 1.04. The summed E-state index contributed by atoms with van der Waals surface area (Å²) in [4.78, 5) is 20.9. The topological polar surface area (TPSA) is 74.6 Å². The van der Waals surface area contributed by atoms with Gasteiger partial charge in [0.2, 0.25) is 11.6 Å². The number of aliphatic hydroxyl groups excluding tert-OH is 2. The number of ketones is 2. The van der Waals surface area contributed by atoms with Crippen LogP contribution in [0.4, 0.5) is 0 Å². The maximum absolute atomic E-state index is 10.4. The predicted octanol–water partition coefficient (Wildman–Crippen LogP) is -0.740. The Kier molecular flexibility index (Phi) is 6.28. The van der Waals surface area contributed by atoms with E-state index in [4.69, 9.17) is 10.2 Å². The Bertz CT molecular complexity index is 241. The van der Waals surface area contributed by atoms with E-state index in [1.165, 1.54) is 0 Å². The molecule has 57 valence electrons. The number of carbonyl (C=O) groups excluding carboxylic acids is 2. The fourth-order valence-corrected chi connectivity index (χ4v) is 0.538. The van der Waals surface area contributed by atoms with Crippen LogP contribution in [0.3, 0.4) is 0 Å². The molecule has 0 atom stereocenters. The molecule has 0 saturated heterocycles. The minimum absolute atomic E-state index is 0. The molecule has 2 N–H and O–H groups in total. The van der Waals surface area contributed by atoms with Crippen LogP contribution < -0.4 is 0 Å². The summed E-state index contributed by atoms with van der Waals surface area (Å²) in [6.45, 7) is 0. The molecule has 0 bridgehead atoms. The average Bonchev–Trinajstić information content (AvgIpc) is 1.84. The van der Waals surface area contributed by atoms with Gasteiger partial charge in [0.1, 0.15) is 0 Å². The zero-order valence-electron chi connectivity index (χ0n) is 6.37. The number of aliphatic hydroxyl groups is 2. The SMILES string of the molecule is O=C1C=C(O)C(=O)C=C1O.[Na].[Si]. The van der Waals surface area contributed by atoms with Gasteiger partial charge in [-0.1, -0.05) is 0 Å². The van der Waals surface area contributed by atoms with E-state index in [9.17, 15) is 9.59 Å². The number of carbonyl (C=O) groups is 2. The zero-order chi connectivity index (χ0) is 7.72. The number of allylic oxidation sites excluding steroid dienone is 2. The first-order chi connectivity index (χ1) is 4.61. The van der Waals surface area contributed by atoms with Crippen molar-refractivity contribution in [3.8, 4) is 0 Å². The van der Waals surface area contributed by atoms with Crippen LogP contribution in [0.1, 0.15) is 0 Å². The summed E-state index contributed by atoms with van der Waals surface area (Å²) in [7, 11) is 0. The van der Waals surface area contributed by atoms with Crippen LogP contribution >= 0.6 is 0 Å². The molecule has 0 saturated carbocycles. The van der Waals surface area contributed by atoms with Gasteiger partial charge in [0.05, 0.1) is 0 Å². The summed E-state index contributed by atoms with van der Waals surface area (Å²) in [6, 6.07) is 0. The summed E-state index contributed by atoms with van der Waals surface area (Å²) in [5, 5.41) is 17.2. The summed E-state index contributed by atoms with van der Waals surface area (Å²) < 4.78 is 0. The maximum atomic E-state index is 10.4. The van der Waals surface area contributed by atoms with E-state index in [0.29, 0.717) is 12.2 Å². The first-order valence-electron chi connectivity index (χ1n) is 2.51. The quantitative estimate of drug-likeness (QED) is 0.390. The van der Waals surface area contributed by atoms with Gasteiger partial charge in [-0.25, -0.2) is 0 Å². The van der Waals surface area contributed by atoms with Gasteiger partial charge in [-0.2, -0.15) is 0 Å². The van der Waals surface area contributed by atoms with Crippen LogP contribution in [0.15, 0.2) is 23.7 Å². The molecule has 12 heavy (non-hydrogen) atoms. The Hall–Kier alpha value is -0.363. The van der Waals surface area contributed by atoms with E-state index < -0.39 is 23.1 Å². The summed E-state index contributed by atoms with van der Waals surface area (Å²) in [5.74, 6) is -2.78. The molecular formula is C6H4NaO4Si.